The maximum atomic E-state index is 13.4. The molecule has 0 radical (unpaired) electrons. The summed E-state index contributed by atoms with van der Waals surface area (Å²) in [6, 6.07) is 6.62. The van der Waals surface area contributed by atoms with Crippen LogP contribution in [-0.2, 0) is 6.18 Å². The summed E-state index contributed by atoms with van der Waals surface area (Å²) in [5, 5.41) is 9.14. The molecule has 6 nitrogen and oxygen atoms in total. The van der Waals surface area contributed by atoms with E-state index in [0.29, 0.717) is 10.8 Å². The molecule has 1 amide bonds. The standard InChI is InChI=1S/C19H14F3N5OS/c1-10-9-29-18(23-10)25-17(28)15-11(2)26-27-8-7-14(24-16(15)27)12-5-3-4-6-13(12)19(20,21)22/h3-9H,1-2H3,(H,23,25,28). The lowest BCUT2D eigenvalue weighted by Crippen LogP contribution is -2.13. The molecular formula is C19H14F3N5OS. The maximum absolute atomic E-state index is 13.4. The summed E-state index contributed by atoms with van der Waals surface area (Å²) >= 11 is 1.28. The van der Waals surface area contributed by atoms with Crippen molar-refractivity contribution in [2.45, 2.75) is 20.0 Å². The van der Waals surface area contributed by atoms with E-state index >= 15 is 0 Å². The van der Waals surface area contributed by atoms with Crippen LogP contribution in [0.2, 0.25) is 0 Å². The fourth-order valence-electron chi connectivity index (χ4n) is 2.98. The highest BCUT2D eigenvalue weighted by Crippen LogP contribution is 2.36. The Labute approximate surface area is 167 Å². The Morgan fingerprint density at radius 1 is 1.14 bits per heavy atom. The second-order valence-corrected chi connectivity index (χ2v) is 7.19. The fourth-order valence-corrected chi connectivity index (χ4v) is 3.66. The second kappa shape index (κ2) is 6.96. The van der Waals surface area contributed by atoms with Gasteiger partial charge in [-0.3, -0.25) is 10.1 Å². The average Bonchev–Trinajstić information content (AvgIpc) is 3.22. The van der Waals surface area contributed by atoms with Gasteiger partial charge in [-0.25, -0.2) is 14.5 Å². The smallest absolute Gasteiger partial charge is 0.298 e. The molecule has 1 aromatic carbocycles. The normalized spacial score (nSPS) is 11.8. The quantitative estimate of drug-likeness (QED) is 0.523. The van der Waals surface area contributed by atoms with Crippen LogP contribution in [0.3, 0.4) is 0 Å². The minimum atomic E-state index is -4.52. The monoisotopic (exact) mass is 417 g/mol. The van der Waals surface area contributed by atoms with E-state index < -0.39 is 17.6 Å². The van der Waals surface area contributed by atoms with Crippen molar-refractivity contribution >= 4 is 28.0 Å². The van der Waals surface area contributed by atoms with Gasteiger partial charge in [0.05, 0.1) is 22.6 Å². The summed E-state index contributed by atoms with van der Waals surface area (Å²) < 4.78 is 41.5. The number of anilines is 1. The van der Waals surface area contributed by atoms with Crippen LogP contribution in [0.15, 0.2) is 41.9 Å². The topological polar surface area (TPSA) is 72.2 Å². The van der Waals surface area contributed by atoms with Gasteiger partial charge in [0.2, 0.25) is 0 Å². The predicted molar refractivity (Wildman–Crippen MR) is 103 cm³/mol. The van der Waals surface area contributed by atoms with Crippen molar-refractivity contribution in [3.63, 3.8) is 0 Å². The molecule has 4 rings (SSSR count). The van der Waals surface area contributed by atoms with E-state index in [0.717, 1.165) is 11.8 Å². The zero-order valence-corrected chi connectivity index (χ0v) is 16.1. The Kier molecular flexibility index (Phi) is 4.58. The third-order valence-corrected chi connectivity index (χ3v) is 5.11. The molecule has 0 bridgehead atoms. The van der Waals surface area contributed by atoms with Crippen molar-refractivity contribution < 1.29 is 18.0 Å². The van der Waals surface area contributed by atoms with E-state index in [1.54, 1.807) is 19.2 Å². The number of amides is 1. The van der Waals surface area contributed by atoms with Crippen molar-refractivity contribution in [1.82, 2.24) is 19.6 Å². The molecule has 0 aliphatic carbocycles. The van der Waals surface area contributed by atoms with Crippen LogP contribution in [0.5, 0.6) is 0 Å². The molecule has 0 fully saturated rings. The summed E-state index contributed by atoms with van der Waals surface area (Å²) in [4.78, 5) is 21.3. The molecule has 0 aliphatic rings. The Morgan fingerprint density at radius 3 is 2.59 bits per heavy atom. The Balaban J connectivity index is 1.81. The van der Waals surface area contributed by atoms with Gasteiger partial charge in [0.1, 0.15) is 5.56 Å². The van der Waals surface area contributed by atoms with Gasteiger partial charge in [-0.15, -0.1) is 11.3 Å². The van der Waals surface area contributed by atoms with Crippen molar-refractivity contribution in [2.24, 2.45) is 0 Å². The molecule has 29 heavy (non-hydrogen) atoms. The number of carbonyl (C=O) groups excluding carboxylic acids is 1. The lowest BCUT2D eigenvalue weighted by Gasteiger charge is -2.12. The van der Waals surface area contributed by atoms with E-state index in [4.69, 9.17) is 0 Å². The minimum Gasteiger partial charge on any atom is -0.298 e. The molecule has 0 aliphatic heterocycles. The number of alkyl halides is 3. The van der Waals surface area contributed by atoms with E-state index in [2.05, 4.69) is 20.4 Å². The number of carbonyl (C=O) groups is 1. The number of nitrogens with zero attached hydrogens (tertiary/aromatic N) is 4. The fraction of sp³-hybridized carbons (Fsp3) is 0.158. The number of aromatic nitrogens is 4. The van der Waals surface area contributed by atoms with Gasteiger partial charge in [-0.2, -0.15) is 18.3 Å². The molecule has 3 heterocycles. The van der Waals surface area contributed by atoms with Crippen LogP contribution in [0, 0.1) is 13.8 Å². The first-order chi connectivity index (χ1) is 13.7. The van der Waals surface area contributed by atoms with E-state index in [-0.39, 0.29) is 22.5 Å². The highest BCUT2D eigenvalue weighted by atomic mass is 32.1. The first-order valence-corrected chi connectivity index (χ1v) is 9.38. The van der Waals surface area contributed by atoms with E-state index in [1.807, 2.05) is 0 Å². The number of hydrogen-bond acceptors (Lipinski definition) is 5. The van der Waals surface area contributed by atoms with Gasteiger partial charge in [-0.1, -0.05) is 18.2 Å². The van der Waals surface area contributed by atoms with Crippen LogP contribution < -0.4 is 5.32 Å². The number of hydrogen-bond donors (Lipinski definition) is 1. The molecule has 0 saturated carbocycles. The second-order valence-electron chi connectivity index (χ2n) is 6.33. The van der Waals surface area contributed by atoms with Gasteiger partial charge in [0.25, 0.3) is 5.91 Å². The molecule has 1 N–H and O–H groups in total. The third kappa shape index (κ3) is 3.58. The number of nitrogens with one attached hydrogen (secondary N) is 1. The Hall–Kier alpha value is -3.27. The van der Waals surface area contributed by atoms with Crippen molar-refractivity contribution in [3.8, 4) is 11.3 Å². The first kappa shape index (κ1) is 19.1. The summed E-state index contributed by atoms with van der Waals surface area (Å²) in [6.07, 6.45) is -3.04. The molecular weight excluding hydrogens is 403 g/mol. The average molecular weight is 417 g/mol. The summed E-state index contributed by atoms with van der Waals surface area (Å²) in [5.41, 5.74) is 0.771. The molecule has 148 valence electrons. The third-order valence-electron chi connectivity index (χ3n) is 4.24. The zero-order valence-electron chi connectivity index (χ0n) is 15.3. The lowest BCUT2D eigenvalue weighted by molar-refractivity contribution is -0.137. The van der Waals surface area contributed by atoms with Gasteiger partial charge in [0, 0.05) is 17.1 Å². The van der Waals surface area contributed by atoms with Crippen LogP contribution >= 0.6 is 11.3 Å². The SMILES string of the molecule is Cc1csc(NC(=O)c2c(C)nn3ccc(-c4ccccc4C(F)(F)F)nc23)n1. The highest BCUT2D eigenvalue weighted by Gasteiger charge is 2.33. The molecule has 4 aromatic rings. The molecule has 3 aromatic heterocycles. The van der Waals surface area contributed by atoms with Crippen LogP contribution in [-0.4, -0.2) is 25.5 Å². The maximum Gasteiger partial charge on any atom is 0.417 e. The molecule has 0 atom stereocenters. The van der Waals surface area contributed by atoms with Crippen molar-refractivity contribution in [3.05, 3.63) is 64.4 Å². The van der Waals surface area contributed by atoms with Crippen molar-refractivity contribution in [1.29, 1.82) is 0 Å². The van der Waals surface area contributed by atoms with E-state index in [1.165, 1.54) is 46.3 Å². The predicted octanol–water partition coefficient (Wildman–Crippen LogP) is 4.74. The lowest BCUT2D eigenvalue weighted by atomic mass is 10.0. The number of thiazole rings is 1. The molecule has 10 heteroatoms. The summed E-state index contributed by atoms with van der Waals surface area (Å²) in [6.45, 7) is 3.44. The van der Waals surface area contributed by atoms with Crippen LogP contribution in [0.4, 0.5) is 18.3 Å². The molecule has 0 saturated heterocycles. The number of rotatable bonds is 3. The van der Waals surface area contributed by atoms with Crippen LogP contribution in [0.1, 0.15) is 27.3 Å². The number of halogens is 3. The summed E-state index contributed by atoms with van der Waals surface area (Å²) in [7, 11) is 0. The van der Waals surface area contributed by atoms with Gasteiger partial charge < -0.3 is 0 Å². The largest absolute Gasteiger partial charge is 0.417 e. The number of fused-ring (bicyclic) bond motifs is 1. The van der Waals surface area contributed by atoms with Gasteiger partial charge in [-0.05, 0) is 26.0 Å². The number of aryl methyl sites for hydroxylation is 2. The van der Waals surface area contributed by atoms with Gasteiger partial charge in [0.15, 0.2) is 10.8 Å². The number of benzene rings is 1. The Bertz CT molecular complexity index is 1230. The van der Waals surface area contributed by atoms with E-state index in [9.17, 15) is 18.0 Å². The molecule has 0 unspecified atom stereocenters. The van der Waals surface area contributed by atoms with Crippen molar-refractivity contribution in [2.75, 3.05) is 5.32 Å². The minimum absolute atomic E-state index is 0.0664. The highest BCUT2D eigenvalue weighted by molar-refractivity contribution is 7.13. The Morgan fingerprint density at radius 2 is 1.90 bits per heavy atom. The zero-order chi connectivity index (χ0) is 20.8. The van der Waals surface area contributed by atoms with Gasteiger partial charge >= 0.3 is 6.18 Å². The summed E-state index contributed by atoms with van der Waals surface area (Å²) in [5.74, 6) is -0.472. The first-order valence-electron chi connectivity index (χ1n) is 8.50. The van der Waals surface area contributed by atoms with Crippen LogP contribution in [0.25, 0.3) is 16.9 Å². The molecule has 0 spiro atoms.